The number of ether oxygens (including phenoxy) is 1. The van der Waals surface area contributed by atoms with Crippen molar-refractivity contribution in [3.63, 3.8) is 0 Å². The lowest BCUT2D eigenvalue weighted by Gasteiger charge is -2.08. The van der Waals surface area contributed by atoms with E-state index in [2.05, 4.69) is 38.9 Å². The van der Waals surface area contributed by atoms with Crippen LogP contribution in [-0.2, 0) is 6.42 Å². The van der Waals surface area contributed by atoms with E-state index in [4.69, 9.17) is 4.74 Å². The fourth-order valence-corrected chi connectivity index (χ4v) is 2.02. The van der Waals surface area contributed by atoms with Gasteiger partial charge in [-0.05, 0) is 52.2 Å². The van der Waals surface area contributed by atoms with E-state index in [0.29, 0.717) is 4.73 Å². The second-order valence-electron chi connectivity index (χ2n) is 3.59. The van der Waals surface area contributed by atoms with Gasteiger partial charge < -0.3 is 4.74 Å². The van der Waals surface area contributed by atoms with Crippen LogP contribution >= 0.6 is 15.9 Å². The number of rotatable bonds is 3. The first kappa shape index (κ1) is 12.0. The van der Waals surface area contributed by atoms with E-state index in [1.807, 2.05) is 18.2 Å². The molecule has 0 aliphatic heterocycles. The number of hydrogen-bond donors (Lipinski definition) is 0. The molecule has 0 fully saturated rings. The number of halogens is 1. The van der Waals surface area contributed by atoms with E-state index in [1.54, 1.807) is 13.3 Å². The van der Waals surface area contributed by atoms with Gasteiger partial charge in [0.1, 0.15) is 5.75 Å². The summed E-state index contributed by atoms with van der Waals surface area (Å²) in [6.07, 6.45) is 2.67. The normalized spacial score (nSPS) is 10.3. The van der Waals surface area contributed by atoms with Crippen molar-refractivity contribution in [2.24, 2.45) is 0 Å². The highest BCUT2D eigenvalue weighted by Crippen LogP contribution is 2.26. The van der Waals surface area contributed by atoms with E-state index in [9.17, 15) is 0 Å². The van der Waals surface area contributed by atoms with Gasteiger partial charge in [-0.1, -0.05) is 6.92 Å². The van der Waals surface area contributed by atoms with E-state index < -0.39 is 0 Å². The van der Waals surface area contributed by atoms with Gasteiger partial charge in [-0.3, -0.25) is 0 Å². The Bertz CT molecular complexity index is 529. The molecule has 2 rings (SSSR count). The molecule has 3 nitrogen and oxygen atoms in total. The van der Waals surface area contributed by atoms with E-state index >= 15 is 0 Å². The monoisotopic (exact) mass is 292 g/mol. The third-order valence-corrected chi connectivity index (χ3v) is 2.97. The Labute approximate surface area is 109 Å². The lowest BCUT2D eigenvalue weighted by molar-refractivity contribution is 0.410. The predicted molar refractivity (Wildman–Crippen MR) is 71.1 cm³/mol. The van der Waals surface area contributed by atoms with Crippen LogP contribution in [0.1, 0.15) is 12.5 Å². The Kier molecular flexibility index (Phi) is 3.74. The van der Waals surface area contributed by atoms with Gasteiger partial charge in [0.25, 0.3) is 0 Å². The molecular weight excluding hydrogens is 280 g/mol. The number of nitrogens with zero attached hydrogens (tertiary/aromatic N) is 2. The molecule has 88 valence electrons. The van der Waals surface area contributed by atoms with Crippen molar-refractivity contribution in [2.45, 2.75) is 13.3 Å². The first-order valence-electron chi connectivity index (χ1n) is 5.40. The van der Waals surface area contributed by atoms with Crippen LogP contribution in [0.4, 0.5) is 0 Å². The van der Waals surface area contributed by atoms with Crippen LogP contribution in [0.5, 0.6) is 5.75 Å². The van der Waals surface area contributed by atoms with Crippen LogP contribution in [0.25, 0.3) is 11.3 Å². The fourth-order valence-electron chi connectivity index (χ4n) is 1.71. The summed E-state index contributed by atoms with van der Waals surface area (Å²) in [6, 6.07) is 7.98. The van der Waals surface area contributed by atoms with Crippen LogP contribution in [0.3, 0.4) is 0 Å². The molecule has 1 heterocycles. The summed E-state index contributed by atoms with van der Waals surface area (Å²) in [5.74, 6) is 0.921. The molecule has 0 unspecified atom stereocenters. The SMILES string of the molecule is CCc1cc(-c2ccnc(Br)n2)ccc1OC. The first-order chi connectivity index (χ1) is 8.24. The van der Waals surface area contributed by atoms with Gasteiger partial charge in [0, 0.05) is 11.8 Å². The third-order valence-electron chi connectivity index (χ3n) is 2.58. The molecule has 0 amide bonds. The minimum atomic E-state index is 0.601. The molecule has 2 aromatic rings. The smallest absolute Gasteiger partial charge is 0.197 e. The lowest BCUT2D eigenvalue weighted by Crippen LogP contribution is -1.92. The molecule has 4 heteroatoms. The number of aromatic nitrogens is 2. The standard InChI is InChI=1S/C13H13BrN2O/c1-3-9-8-10(4-5-12(9)17-2)11-6-7-15-13(14)16-11/h4-8H,3H2,1-2H3. The highest BCUT2D eigenvalue weighted by molar-refractivity contribution is 9.10. The molecule has 0 bridgehead atoms. The summed E-state index contributed by atoms with van der Waals surface area (Å²) in [5.41, 5.74) is 3.16. The maximum absolute atomic E-state index is 5.31. The van der Waals surface area contributed by atoms with Crippen LogP contribution in [0.2, 0.25) is 0 Å². The summed E-state index contributed by atoms with van der Waals surface area (Å²) >= 11 is 3.28. The van der Waals surface area contributed by atoms with E-state index in [0.717, 1.165) is 23.4 Å². The van der Waals surface area contributed by atoms with Crippen LogP contribution in [0.15, 0.2) is 35.2 Å². The second-order valence-corrected chi connectivity index (χ2v) is 4.30. The van der Waals surface area contributed by atoms with Crippen molar-refractivity contribution in [1.82, 2.24) is 9.97 Å². The maximum atomic E-state index is 5.31. The van der Waals surface area contributed by atoms with Gasteiger partial charge in [-0.2, -0.15) is 0 Å². The fraction of sp³-hybridized carbons (Fsp3) is 0.231. The highest BCUT2D eigenvalue weighted by atomic mass is 79.9. The molecule has 0 saturated carbocycles. The molecule has 1 aromatic heterocycles. The van der Waals surface area contributed by atoms with Gasteiger partial charge in [-0.25, -0.2) is 9.97 Å². The van der Waals surface area contributed by atoms with Crippen molar-refractivity contribution < 1.29 is 4.74 Å². The molecule has 1 aromatic carbocycles. The van der Waals surface area contributed by atoms with Crippen LogP contribution in [-0.4, -0.2) is 17.1 Å². The first-order valence-corrected chi connectivity index (χ1v) is 6.19. The molecule has 0 aliphatic carbocycles. The molecular formula is C13H13BrN2O. The molecule has 0 atom stereocenters. The maximum Gasteiger partial charge on any atom is 0.197 e. The largest absolute Gasteiger partial charge is 0.496 e. The quantitative estimate of drug-likeness (QED) is 0.813. The number of benzene rings is 1. The number of aryl methyl sites for hydroxylation is 1. The minimum absolute atomic E-state index is 0.601. The summed E-state index contributed by atoms with van der Waals surface area (Å²) < 4.78 is 5.91. The zero-order chi connectivity index (χ0) is 12.3. The Balaban J connectivity index is 2.46. The average Bonchev–Trinajstić information content (AvgIpc) is 2.38. The van der Waals surface area contributed by atoms with Gasteiger partial charge >= 0.3 is 0 Å². The predicted octanol–water partition coefficient (Wildman–Crippen LogP) is 3.48. The third kappa shape index (κ3) is 2.64. The number of methoxy groups -OCH3 is 1. The highest BCUT2D eigenvalue weighted by Gasteiger charge is 2.05. The molecule has 0 radical (unpaired) electrons. The summed E-state index contributed by atoms with van der Waals surface area (Å²) in [5, 5.41) is 0. The van der Waals surface area contributed by atoms with E-state index in [-0.39, 0.29) is 0 Å². The van der Waals surface area contributed by atoms with Gasteiger partial charge in [0.2, 0.25) is 0 Å². The molecule has 0 aliphatic rings. The topological polar surface area (TPSA) is 35.0 Å². The van der Waals surface area contributed by atoms with Gasteiger partial charge in [-0.15, -0.1) is 0 Å². The zero-order valence-electron chi connectivity index (χ0n) is 9.77. The van der Waals surface area contributed by atoms with Crippen molar-refractivity contribution in [3.05, 3.63) is 40.8 Å². The van der Waals surface area contributed by atoms with Gasteiger partial charge in [0.15, 0.2) is 4.73 Å². The van der Waals surface area contributed by atoms with Crippen molar-refractivity contribution in [1.29, 1.82) is 0 Å². The van der Waals surface area contributed by atoms with Gasteiger partial charge in [0.05, 0.1) is 12.8 Å². The average molecular weight is 293 g/mol. The molecule has 0 N–H and O–H groups in total. The second kappa shape index (κ2) is 5.27. The Morgan fingerprint density at radius 1 is 1.29 bits per heavy atom. The molecule has 0 spiro atoms. The summed E-state index contributed by atoms with van der Waals surface area (Å²) in [4.78, 5) is 8.36. The van der Waals surface area contributed by atoms with E-state index in [1.165, 1.54) is 5.56 Å². The minimum Gasteiger partial charge on any atom is -0.496 e. The van der Waals surface area contributed by atoms with Crippen molar-refractivity contribution in [3.8, 4) is 17.0 Å². The summed E-state index contributed by atoms with van der Waals surface area (Å²) in [6.45, 7) is 2.11. The van der Waals surface area contributed by atoms with Crippen molar-refractivity contribution in [2.75, 3.05) is 7.11 Å². The Morgan fingerprint density at radius 2 is 2.12 bits per heavy atom. The molecule has 17 heavy (non-hydrogen) atoms. The molecule has 0 saturated heterocycles. The Hall–Kier alpha value is -1.42. The van der Waals surface area contributed by atoms with Crippen LogP contribution < -0.4 is 4.74 Å². The zero-order valence-corrected chi connectivity index (χ0v) is 11.4. The van der Waals surface area contributed by atoms with Crippen LogP contribution in [0, 0.1) is 0 Å². The summed E-state index contributed by atoms with van der Waals surface area (Å²) in [7, 11) is 1.69. The number of hydrogen-bond acceptors (Lipinski definition) is 3. The lowest BCUT2D eigenvalue weighted by atomic mass is 10.1. The van der Waals surface area contributed by atoms with Crippen molar-refractivity contribution >= 4 is 15.9 Å². The Morgan fingerprint density at radius 3 is 2.76 bits per heavy atom.